The summed E-state index contributed by atoms with van der Waals surface area (Å²) in [5.41, 5.74) is 6.81. The first-order valence-corrected chi connectivity index (χ1v) is 4.25. The quantitative estimate of drug-likeness (QED) is 0.702. The second-order valence-corrected chi connectivity index (χ2v) is 3.33. The molecule has 1 heterocycles. The van der Waals surface area contributed by atoms with Crippen molar-refractivity contribution in [2.45, 2.75) is 12.8 Å². The van der Waals surface area contributed by atoms with Crippen LogP contribution < -0.4 is 10.5 Å². The summed E-state index contributed by atoms with van der Waals surface area (Å²) >= 11 is 0. The number of ether oxygens (including phenoxy) is 1. The Morgan fingerprint density at radius 1 is 1.62 bits per heavy atom. The fourth-order valence-electron chi connectivity index (χ4n) is 1.52. The summed E-state index contributed by atoms with van der Waals surface area (Å²) in [5.74, 6) is 0.841. The fourth-order valence-corrected chi connectivity index (χ4v) is 1.52. The number of carbonyl (C=O) groups excluding carboxylic acids is 1. The van der Waals surface area contributed by atoms with Crippen molar-refractivity contribution in [2.75, 3.05) is 6.61 Å². The normalized spacial score (nSPS) is 19.3. The Labute approximate surface area is 76.5 Å². The molecule has 13 heavy (non-hydrogen) atoms. The molecule has 2 N–H and O–H groups in total. The van der Waals surface area contributed by atoms with Gasteiger partial charge >= 0.3 is 0 Å². The molecule has 0 spiro atoms. The van der Waals surface area contributed by atoms with Crippen LogP contribution >= 0.6 is 0 Å². The summed E-state index contributed by atoms with van der Waals surface area (Å²) in [6.45, 7) is 2.76. The molecule has 3 heteroatoms. The Hall–Kier alpha value is -1.51. The van der Waals surface area contributed by atoms with Gasteiger partial charge in [0.2, 0.25) is 5.91 Å². The van der Waals surface area contributed by atoms with Crippen LogP contribution in [-0.2, 0) is 0 Å². The summed E-state index contributed by atoms with van der Waals surface area (Å²) in [7, 11) is 0. The third-order valence-electron chi connectivity index (χ3n) is 2.31. The molecule has 0 bridgehead atoms. The van der Waals surface area contributed by atoms with Crippen molar-refractivity contribution in [3.63, 3.8) is 0 Å². The third-order valence-corrected chi connectivity index (χ3v) is 2.31. The molecule has 1 unspecified atom stereocenters. The Bertz CT molecular complexity index is 360. The number of amides is 1. The van der Waals surface area contributed by atoms with Gasteiger partial charge in [-0.1, -0.05) is 6.92 Å². The van der Waals surface area contributed by atoms with Gasteiger partial charge in [0.1, 0.15) is 5.75 Å². The molecule has 0 saturated carbocycles. The predicted molar refractivity (Wildman–Crippen MR) is 48.9 cm³/mol. The number of hydrogen-bond acceptors (Lipinski definition) is 2. The molecule has 0 saturated heterocycles. The molecule has 1 aromatic rings. The molecule has 0 fully saturated rings. The molecule has 1 aliphatic rings. The molecule has 1 amide bonds. The summed E-state index contributed by atoms with van der Waals surface area (Å²) in [6.07, 6.45) is 0. The Kier molecular flexibility index (Phi) is 1.72. The molecule has 0 radical (unpaired) electrons. The van der Waals surface area contributed by atoms with Crippen molar-refractivity contribution in [1.82, 2.24) is 0 Å². The highest BCUT2D eigenvalue weighted by Crippen LogP contribution is 2.33. The van der Waals surface area contributed by atoms with E-state index in [1.165, 1.54) is 0 Å². The lowest BCUT2D eigenvalue weighted by molar-refractivity contribution is 0.1000. The molecule has 1 aromatic carbocycles. The Balaban J connectivity index is 2.47. The van der Waals surface area contributed by atoms with E-state index in [-0.39, 0.29) is 5.91 Å². The molecule has 1 aliphatic heterocycles. The van der Waals surface area contributed by atoms with Gasteiger partial charge in [-0.3, -0.25) is 4.79 Å². The van der Waals surface area contributed by atoms with E-state index in [0.29, 0.717) is 18.1 Å². The highest BCUT2D eigenvalue weighted by Gasteiger charge is 2.20. The number of rotatable bonds is 1. The summed E-state index contributed by atoms with van der Waals surface area (Å²) in [4.78, 5) is 10.9. The SMILES string of the molecule is CC1COc2ccc(C(N)=O)cc21. The molecular weight excluding hydrogens is 166 g/mol. The van der Waals surface area contributed by atoms with Crippen LogP contribution in [0.15, 0.2) is 18.2 Å². The lowest BCUT2D eigenvalue weighted by Crippen LogP contribution is -2.10. The first kappa shape index (κ1) is 8.10. The minimum atomic E-state index is -0.387. The summed E-state index contributed by atoms with van der Waals surface area (Å²) in [5, 5.41) is 0. The van der Waals surface area contributed by atoms with Gasteiger partial charge in [0.15, 0.2) is 0 Å². The zero-order chi connectivity index (χ0) is 9.42. The van der Waals surface area contributed by atoms with Gasteiger partial charge in [0, 0.05) is 17.0 Å². The van der Waals surface area contributed by atoms with Crippen LogP contribution in [0.1, 0.15) is 28.8 Å². The van der Waals surface area contributed by atoms with Gasteiger partial charge in [-0.15, -0.1) is 0 Å². The average Bonchev–Trinajstić information content (AvgIpc) is 2.47. The van der Waals surface area contributed by atoms with Crippen LogP contribution in [0.5, 0.6) is 5.75 Å². The lowest BCUT2D eigenvalue weighted by atomic mass is 10.0. The largest absolute Gasteiger partial charge is 0.493 e. The van der Waals surface area contributed by atoms with E-state index in [2.05, 4.69) is 6.92 Å². The third kappa shape index (κ3) is 1.26. The molecule has 1 atom stereocenters. The van der Waals surface area contributed by atoms with Gasteiger partial charge in [0.25, 0.3) is 0 Å². The number of primary amides is 1. The standard InChI is InChI=1S/C10H11NO2/c1-6-5-13-9-3-2-7(10(11)12)4-8(6)9/h2-4,6H,5H2,1H3,(H2,11,12). The van der Waals surface area contributed by atoms with Crippen LogP contribution in [0.2, 0.25) is 0 Å². The van der Waals surface area contributed by atoms with Crippen molar-refractivity contribution in [1.29, 1.82) is 0 Å². The highest BCUT2D eigenvalue weighted by atomic mass is 16.5. The van der Waals surface area contributed by atoms with E-state index in [9.17, 15) is 4.79 Å². The minimum Gasteiger partial charge on any atom is -0.493 e. The highest BCUT2D eigenvalue weighted by molar-refractivity contribution is 5.93. The van der Waals surface area contributed by atoms with Crippen LogP contribution in [0, 0.1) is 0 Å². The van der Waals surface area contributed by atoms with Gasteiger partial charge < -0.3 is 10.5 Å². The Morgan fingerprint density at radius 2 is 2.38 bits per heavy atom. The number of benzene rings is 1. The van der Waals surface area contributed by atoms with Crippen LogP contribution in [0.25, 0.3) is 0 Å². The first-order valence-electron chi connectivity index (χ1n) is 4.25. The van der Waals surface area contributed by atoms with Gasteiger partial charge in [-0.05, 0) is 18.2 Å². The predicted octanol–water partition coefficient (Wildman–Crippen LogP) is 1.28. The van der Waals surface area contributed by atoms with Crippen molar-refractivity contribution >= 4 is 5.91 Å². The minimum absolute atomic E-state index is 0.356. The maximum Gasteiger partial charge on any atom is 0.248 e. The molecular formula is C10H11NO2. The average molecular weight is 177 g/mol. The van der Waals surface area contributed by atoms with Crippen molar-refractivity contribution in [3.8, 4) is 5.75 Å². The van der Waals surface area contributed by atoms with E-state index < -0.39 is 0 Å². The smallest absolute Gasteiger partial charge is 0.248 e. The maximum atomic E-state index is 10.9. The summed E-state index contributed by atoms with van der Waals surface area (Å²) in [6, 6.07) is 5.31. The van der Waals surface area contributed by atoms with E-state index >= 15 is 0 Å². The van der Waals surface area contributed by atoms with Crippen LogP contribution in [0.3, 0.4) is 0 Å². The Morgan fingerprint density at radius 3 is 3.08 bits per heavy atom. The number of fused-ring (bicyclic) bond motifs is 1. The number of nitrogens with two attached hydrogens (primary N) is 1. The van der Waals surface area contributed by atoms with E-state index in [4.69, 9.17) is 10.5 Å². The van der Waals surface area contributed by atoms with E-state index in [0.717, 1.165) is 11.3 Å². The number of carbonyl (C=O) groups is 1. The van der Waals surface area contributed by atoms with Gasteiger partial charge in [-0.2, -0.15) is 0 Å². The molecule has 0 aromatic heterocycles. The fraction of sp³-hybridized carbons (Fsp3) is 0.300. The van der Waals surface area contributed by atoms with E-state index in [1.807, 2.05) is 6.07 Å². The number of hydrogen-bond donors (Lipinski definition) is 1. The van der Waals surface area contributed by atoms with Gasteiger partial charge in [-0.25, -0.2) is 0 Å². The zero-order valence-corrected chi connectivity index (χ0v) is 7.41. The second kappa shape index (κ2) is 2.76. The lowest BCUT2D eigenvalue weighted by Gasteiger charge is -2.01. The molecule has 0 aliphatic carbocycles. The monoisotopic (exact) mass is 177 g/mol. The summed E-state index contributed by atoms with van der Waals surface area (Å²) < 4.78 is 5.39. The van der Waals surface area contributed by atoms with E-state index in [1.54, 1.807) is 12.1 Å². The first-order chi connectivity index (χ1) is 6.18. The van der Waals surface area contributed by atoms with Crippen LogP contribution in [0.4, 0.5) is 0 Å². The molecule has 2 rings (SSSR count). The maximum absolute atomic E-state index is 10.9. The molecule has 3 nitrogen and oxygen atoms in total. The van der Waals surface area contributed by atoms with Crippen molar-refractivity contribution in [2.24, 2.45) is 5.73 Å². The second-order valence-electron chi connectivity index (χ2n) is 3.33. The van der Waals surface area contributed by atoms with Crippen LogP contribution in [-0.4, -0.2) is 12.5 Å². The van der Waals surface area contributed by atoms with Gasteiger partial charge in [0.05, 0.1) is 6.61 Å². The topological polar surface area (TPSA) is 52.3 Å². The van der Waals surface area contributed by atoms with Crippen molar-refractivity contribution < 1.29 is 9.53 Å². The van der Waals surface area contributed by atoms with Crippen molar-refractivity contribution in [3.05, 3.63) is 29.3 Å². The molecule has 68 valence electrons. The zero-order valence-electron chi connectivity index (χ0n) is 7.41.